The number of carbonyl (C=O) groups is 7. The van der Waals surface area contributed by atoms with Crippen molar-refractivity contribution >= 4 is 41.8 Å². The molecule has 0 spiro atoms. The Morgan fingerprint density at radius 2 is 1.14 bits per heavy atom. The van der Waals surface area contributed by atoms with Gasteiger partial charge in [-0.05, 0) is 46.1 Å². The second-order valence-corrected chi connectivity index (χ2v) is 13.5. The van der Waals surface area contributed by atoms with Gasteiger partial charge in [-0.15, -0.1) is 0 Å². The molecule has 0 aromatic heterocycles. The Morgan fingerprint density at radius 3 is 1.58 bits per heavy atom. The number of carboxylic acid groups (broad SMARTS) is 1. The van der Waals surface area contributed by atoms with E-state index in [2.05, 4.69) is 46.1 Å². The van der Waals surface area contributed by atoms with Crippen molar-refractivity contribution in [2.24, 2.45) is 5.92 Å². The Kier molecular flexibility index (Phi) is 19.3. The summed E-state index contributed by atoms with van der Waals surface area (Å²) in [5.41, 5.74) is 1.16. The fraction of sp³-hybridized carbons (Fsp3) is 0.488. The minimum Gasteiger partial charge on any atom is -0.481 e. The molecular formula is C41H52O18. The molecule has 1 N–H and O–H groups in total. The SMILES string of the molecule is C=C(C)C(=O)O[C@@H]1C(C)OC[C@@H](OC(=O)C(=C)C)[C@H]1OC1(C(=C)C)CO1.C=CC(=O)OCC1OC[C@@H](OC(=O)C=C)[C@@H](OC(=O)C=C)[C@@H]1OC(=O)C=C.O=C(O)C1CC1. The van der Waals surface area contributed by atoms with Crippen LogP contribution in [0.2, 0.25) is 0 Å². The van der Waals surface area contributed by atoms with Gasteiger partial charge in [0.2, 0.25) is 5.79 Å². The summed E-state index contributed by atoms with van der Waals surface area (Å²) in [6, 6.07) is 0. The molecule has 0 amide bonds. The fourth-order valence-corrected chi connectivity index (χ4v) is 4.96. The van der Waals surface area contributed by atoms with Gasteiger partial charge < -0.3 is 52.5 Å². The van der Waals surface area contributed by atoms with Crippen molar-refractivity contribution in [1.29, 1.82) is 0 Å². The zero-order chi connectivity index (χ0) is 44.6. The molecule has 0 radical (unpaired) electrons. The van der Waals surface area contributed by atoms with Crippen molar-refractivity contribution in [2.45, 2.75) is 95.2 Å². The molecule has 1 aliphatic carbocycles. The van der Waals surface area contributed by atoms with Crippen molar-refractivity contribution in [3.8, 4) is 0 Å². The Labute approximate surface area is 342 Å². The zero-order valence-electron chi connectivity index (χ0n) is 33.6. The lowest BCUT2D eigenvalue weighted by Gasteiger charge is -2.41. The largest absolute Gasteiger partial charge is 0.481 e. The number of epoxide rings is 1. The molecule has 0 aromatic carbocycles. The Hall–Kier alpha value is -5.69. The van der Waals surface area contributed by atoms with Crippen molar-refractivity contribution < 1.29 is 86.0 Å². The van der Waals surface area contributed by atoms with Crippen LogP contribution >= 0.6 is 0 Å². The summed E-state index contributed by atoms with van der Waals surface area (Å²) in [6.07, 6.45) is -2.04. The zero-order valence-corrected chi connectivity index (χ0v) is 33.6. The quantitative estimate of drug-likeness (QED) is 0.0729. The minimum atomic E-state index is -1.26. The number of carbonyl (C=O) groups excluding carboxylic acids is 6. The van der Waals surface area contributed by atoms with Gasteiger partial charge in [-0.1, -0.05) is 46.1 Å². The van der Waals surface area contributed by atoms with Gasteiger partial charge in [0.15, 0.2) is 30.5 Å². The van der Waals surface area contributed by atoms with Gasteiger partial charge in [-0.2, -0.15) is 0 Å². The monoisotopic (exact) mass is 832 g/mol. The van der Waals surface area contributed by atoms with Crippen LogP contribution in [-0.4, -0.2) is 128 Å². The lowest BCUT2D eigenvalue weighted by molar-refractivity contribution is -0.240. The van der Waals surface area contributed by atoms with Crippen LogP contribution in [-0.2, 0) is 80.9 Å². The van der Waals surface area contributed by atoms with E-state index in [0.29, 0.717) is 12.2 Å². The summed E-state index contributed by atoms with van der Waals surface area (Å²) >= 11 is 0. The number of carboxylic acids is 1. The molecule has 18 nitrogen and oxygen atoms in total. The third-order valence-corrected chi connectivity index (χ3v) is 8.54. The van der Waals surface area contributed by atoms with Crippen molar-refractivity contribution in [1.82, 2.24) is 0 Å². The lowest BCUT2D eigenvalue weighted by Crippen LogP contribution is -2.58. The molecule has 3 unspecified atom stereocenters. The highest BCUT2D eigenvalue weighted by Gasteiger charge is 2.55. The summed E-state index contributed by atoms with van der Waals surface area (Å²) in [6.45, 7) is 30.7. The third-order valence-electron chi connectivity index (χ3n) is 8.54. The van der Waals surface area contributed by atoms with Gasteiger partial charge >= 0.3 is 41.8 Å². The van der Waals surface area contributed by atoms with Gasteiger partial charge in [-0.3, -0.25) is 4.79 Å². The van der Waals surface area contributed by atoms with E-state index in [4.69, 9.17) is 52.5 Å². The van der Waals surface area contributed by atoms with E-state index in [-0.39, 0.29) is 36.9 Å². The van der Waals surface area contributed by atoms with Gasteiger partial charge in [-0.25, -0.2) is 28.8 Å². The molecule has 0 aromatic rings. The van der Waals surface area contributed by atoms with E-state index in [9.17, 15) is 33.6 Å². The van der Waals surface area contributed by atoms with Crippen LogP contribution in [0.25, 0.3) is 0 Å². The van der Waals surface area contributed by atoms with Crippen molar-refractivity contribution in [3.63, 3.8) is 0 Å². The number of esters is 6. The van der Waals surface area contributed by atoms with E-state index in [1.807, 2.05) is 0 Å². The first-order valence-electron chi connectivity index (χ1n) is 18.2. The molecule has 59 heavy (non-hydrogen) atoms. The fourth-order valence-electron chi connectivity index (χ4n) is 4.96. The molecule has 0 bridgehead atoms. The predicted octanol–water partition coefficient (Wildman–Crippen LogP) is 2.96. The summed E-state index contributed by atoms with van der Waals surface area (Å²) in [5.74, 6) is -5.95. The molecule has 3 saturated heterocycles. The van der Waals surface area contributed by atoms with Crippen LogP contribution in [0.5, 0.6) is 0 Å². The van der Waals surface area contributed by atoms with Gasteiger partial charge in [0.25, 0.3) is 0 Å². The standard InChI is InChI=1S/C19H26O7.C18H20O9.C4H6O2/c1-10(2)17(20)24-14-8-22-13(7)15(25-18(21)11(3)4)16(14)26-19(9-23-19)12(5)6;1-5-13(19)24-9-11-17(26-15(21)7-3)18(27-16(22)8-4)12(10-23-11)25-14(20)6-2;5-4(6)3-1-2-3/h13-16H,1,3,5,8-9H2,2,4,6-7H3;5-8,11-12,17-18H,1-4,9-10H2;3H,1-2H2,(H,5,6)/t13?,14-,15-,16-,19?;11?,12-,17-,18-;/m11./s1. The van der Waals surface area contributed by atoms with Gasteiger partial charge in [0.05, 0.1) is 25.2 Å². The Morgan fingerprint density at radius 1 is 0.661 bits per heavy atom. The molecule has 3 heterocycles. The number of hydrogen-bond donors (Lipinski definition) is 1. The molecule has 324 valence electrons. The van der Waals surface area contributed by atoms with Crippen LogP contribution in [0.1, 0.15) is 40.5 Å². The number of ether oxygens (including phenoxy) is 10. The molecule has 3 aliphatic heterocycles. The molecular weight excluding hydrogens is 780 g/mol. The highest BCUT2D eigenvalue weighted by atomic mass is 16.8. The lowest BCUT2D eigenvalue weighted by atomic mass is 9.99. The maximum absolute atomic E-state index is 12.1. The van der Waals surface area contributed by atoms with Crippen LogP contribution in [0.4, 0.5) is 0 Å². The van der Waals surface area contributed by atoms with E-state index in [0.717, 1.165) is 37.1 Å². The second kappa shape index (κ2) is 23.0. The Bertz CT molecular complexity index is 1670. The molecule has 4 aliphatic rings. The summed E-state index contributed by atoms with van der Waals surface area (Å²) < 4.78 is 54.0. The average molecular weight is 833 g/mol. The smallest absolute Gasteiger partial charge is 0.333 e. The number of hydrogen-bond acceptors (Lipinski definition) is 17. The molecule has 18 heteroatoms. The summed E-state index contributed by atoms with van der Waals surface area (Å²) in [7, 11) is 0. The van der Waals surface area contributed by atoms with Crippen molar-refractivity contribution in [2.75, 3.05) is 26.4 Å². The van der Waals surface area contributed by atoms with Crippen LogP contribution in [0.15, 0.2) is 87.1 Å². The Balaban J connectivity index is 0.000000355. The first-order chi connectivity index (χ1) is 27.7. The first-order valence-corrected chi connectivity index (χ1v) is 18.2. The number of aliphatic carboxylic acids is 1. The van der Waals surface area contributed by atoms with Crippen LogP contribution in [0, 0.1) is 5.92 Å². The predicted molar refractivity (Wildman–Crippen MR) is 205 cm³/mol. The maximum Gasteiger partial charge on any atom is 0.333 e. The van der Waals surface area contributed by atoms with Crippen molar-refractivity contribution in [3.05, 3.63) is 87.1 Å². The summed E-state index contributed by atoms with van der Waals surface area (Å²) in [4.78, 5) is 80.0. The van der Waals surface area contributed by atoms with Gasteiger partial charge in [0.1, 0.15) is 25.4 Å². The highest BCUT2D eigenvalue weighted by Crippen LogP contribution is 2.40. The first kappa shape index (κ1) is 49.5. The minimum absolute atomic E-state index is 0.0185. The van der Waals surface area contributed by atoms with E-state index in [1.165, 1.54) is 0 Å². The maximum atomic E-state index is 12.1. The van der Waals surface area contributed by atoms with E-state index >= 15 is 0 Å². The third kappa shape index (κ3) is 15.5. The second-order valence-electron chi connectivity index (χ2n) is 13.5. The molecule has 4 fully saturated rings. The van der Waals surface area contributed by atoms with E-state index in [1.54, 1.807) is 27.7 Å². The normalized spacial score (nSPS) is 27.6. The number of rotatable bonds is 17. The van der Waals surface area contributed by atoms with Crippen LogP contribution < -0.4 is 0 Å². The van der Waals surface area contributed by atoms with Crippen LogP contribution in [0.3, 0.4) is 0 Å². The summed E-state index contributed by atoms with van der Waals surface area (Å²) in [5, 5.41) is 8.05. The molecule has 9 atom stereocenters. The molecule has 1 saturated carbocycles. The highest BCUT2D eigenvalue weighted by molar-refractivity contribution is 5.88. The topological polar surface area (TPSA) is 235 Å². The molecule has 4 rings (SSSR count). The van der Waals surface area contributed by atoms with Gasteiger partial charge in [0, 0.05) is 35.5 Å². The van der Waals surface area contributed by atoms with E-state index < -0.39 is 96.4 Å². The average Bonchev–Trinajstić information content (AvgIpc) is 4.14.